The third-order valence-corrected chi connectivity index (χ3v) is 9.09. The van der Waals surface area contributed by atoms with E-state index in [1.165, 1.54) is 16.7 Å². The largest absolute Gasteiger partial charge is 0.507 e. The second-order valence-electron chi connectivity index (χ2n) is 17.9. The summed E-state index contributed by atoms with van der Waals surface area (Å²) in [6.45, 7) is 36.9. The second kappa shape index (κ2) is 12.2. The summed E-state index contributed by atoms with van der Waals surface area (Å²) >= 11 is 0. The molecule has 1 aromatic heterocycles. The first kappa shape index (κ1) is 36.8. The molecule has 4 nitrogen and oxygen atoms in total. The van der Waals surface area contributed by atoms with E-state index in [1.807, 2.05) is 13.0 Å². The first-order chi connectivity index (χ1) is 20.1. The van der Waals surface area contributed by atoms with E-state index in [4.69, 9.17) is 8.39 Å². The highest BCUT2D eigenvalue weighted by atomic mass is 31.1. The van der Waals surface area contributed by atoms with Crippen LogP contribution in [0.2, 0.25) is 0 Å². The highest BCUT2D eigenvalue weighted by Gasteiger charge is 2.28. The highest BCUT2D eigenvalue weighted by Crippen LogP contribution is 2.44. The summed E-state index contributed by atoms with van der Waals surface area (Å²) in [5.74, 6) is 0.443. The Labute approximate surface area is 273 Å². The molecule has 0 atom stereocenters. The molecule has 0 aliphatic heterocycles. The topological polar surface area (TPSA) is 66.7 Å². The lowest BCUT2D eigenvalue weighted by Crippen LogP contribution is -2.17. The van der Waals surface area contributed by atoms with E-state index >= 15 is 0 Å². The normalized spacial score (nSPS) is 13.2. The predicted octanol–water partition coefficient (Wildman–Crippen LogP) is 12.5. The van der Waals surface area contributed by atoms with Gasteiger partial charge in [-0.3, -0.25) is 4.89 Å². The van der Waals surface area contributed by atoms with Crippen LogP contribution in [-0.4, -0.2) is 10.00 Å². The molecule has 5 heteroatoms. The van der Waals surface area contributed by atoms with Gasteiger partial charge in [0.2, 0.25) is 0 Å². The minimum absolute atomic E-state index is 0.0147. The number of benzene rings is 3. The predicted molar refractivity (Wildman–Crippen MR) is 195 cm³/mol. The van der Waals surface area contributed by atoms with Gasteiger partial charge in [-0.1, -0.05) is 134 Å². The number of rotatable bonds is 0. The van der Waals surface area contributed by atoms with E-state index in [9.17, 15) is 10.00 Å². The van der Waals surface area contributed by atoms with Gasteiger partial charge in [0.05, 0.1) is 0 Å². The van der Waals surface area contributed by atoms with Gasteiger partial charge < -0.3 is 13.5 Å². The molecule has 248 valence electrons. The van der Waals surface area contributed by atoms with Crippen LogP contribution in [0, 0.1) is 13.8 Å². The first-order valence-electron chi connectivity index (χ1n) is 16.2. The third-order valence-electron chi connectivity index (χ3n) is 8.41. The fraction of sp³-hybridized carbons (Fsp3) is 0.550. The van der Waals surface area contributed by atoms with Gasteiger partial charge >= 0.3 is 8.24 Å². The van der Waals surface area contributed by atoms with Crippen molar-refractivity contribution < 1.29 is 18.4 Å². The number of fused-ring (bicyclic) bond motifs is 3. The van der Waals surface area contributed by atoms with Crippen molar-refractivity contribution in [2.75, 3.05) is 0 Å². The van der Waals surface area contributed by atoms with E-state index in [0.29, 0.717) is 5.75 Å². The molecule has 4 aromatic rings. The van der Waals surface area contributed by atoms with Crippen LogP contribution in [0.1, 0.15) is 143 Å². The fourth-order valence-corrected chi connectivity index (χ4v) is 6.28. The van der Waals surface area contributed by atoms with E-state index in [2.05, 4.69) is 141 Å². The molecule has 0 bridgehead atoms. The van der Waals surface area contributed by atoms with E-state index in [-0.39, 0.29) is 27.1 Å². The number of hydrogen-bond acceptors (Lipinski definition) is 4. The molecule has 0 aliphatic carbocycles. The van der Waals surface area contributed by atoms with Crippen molar-refractivity contribution in [1.29, 1.82) is 0 Å². The molecular formula is C40H59O4P. The summed E-state index contributed by atoms with van der Waals surface area (Å²) in [4.78, 5) is 10.8. The number of hydrogen-bond donors (Lipinski definition) is 2. The number of aryl methyl sites for hydroxylation is 2. The number of aromatic hydroxyl groups is 1. The van der Waals surface area contributed by atoms with Gasteiger partial charge in [0, 0.05) is 21.9 Å². The maximum absolute atomic E-state index is 10.8. The maximum Gasteiger partial charge on any atom is 0.384 e. The van der Waals surface area contributed by atoms with Crippen LogP contribution in [-0.2, 0) is 27.1 Å². The van der Waals surface area contributed by atoms with Gasteiger partial charge in [-0.05, 0) is 75.3 Å². The molecule has 0 saturated carbocycles. The van der Waals surface area contributed by atoms with Gasteiger partial charge in [-0.2, -0.15) is 0 Å². The summed E-state index contributed by atoms with van der Waals surface area (Å²) in [6.07, 6.45) is 0. The fourth-order valence-electron chi connectivity index (χ4n) is 5.54. The van der Waals surface area contributed by atoms with Crippen molar-refractivity contribution in [1.82, 2.24) is 0 Å². The van der Waals surface area contributed by atoms with Gasteiger partial charge in [-0.25, -0.2) is 0 Å². The molecule has 0 aliphatic rings. The summed E-state index contributed by atoms with van der Waals surface area (Å²) in [5.41, 5.74) is 9.02. The van der Waals surface area contributed by atoms with E-state index in [0.717, 1.165) is 44.2 Å². The highest BCUT2D eigenvalue weighted by molar-refractivity contribution is 7.30. The number of phenolic OH excluding ortho intramolecular Hbond substituents is 1. The van der Waals surface area contributed by atoms with Crippen LogP contribution in [0.3, 0.4) is 0 Å². The summed E-state index contributed by atoms with van der Waals surface area (Å²) in [5, 5.41) is 11.9. The molecule has 0 radical (unpaired) electrons. The van der Waals surface area contributed by atoms with Crippen LogP contribution in [0.25, 0.3) is 21.9 Å². The molecule has 3 aromatic carbocycles. The Bertz CT molecular complexity index is 1640. The van der Waals surface area contributed by atoms with E-state index < -0.39 is 8.24 Å². The molecular weight excluding hydrogens is 575 g/mol. The van der Waals surface area contributed by atoms with Crippen LogP contribution in [0.5, 0.6) is 5.75 Å². The summed E-state index contributed by atoms with van der Waals surface area (Å²) in [7, 11) is -2.09. The van der Waals surface area contributed by atoms with Crippen molar-refractivity contribution >= 4 is 30.2 Å². The van der Waals surface area contributed by atoms with Crippen molar-refractivity contribution in [2.45, 2.75) is 145 Å². The van der Waals surface area contributed by atoms with Crippen molar-refractivity contribution in [3.63, 3.8) is 0 Å². The minimum Gasteiger partial charge on any atom is -0.507 e. The molecule has 1 heterocycles. The smallest absolute Gasteiger partial charge is 0.384 e. The molecule has 45 heavy (non-hydrogen) atoms. The molecule has 2 N–H and O–H groups in total. The second-order valence-corrected chi connectivity index (χ2v) is 18.8. The minimum atomic E-state index is -2.09. The van der Waals surface area contributed by atoms with Gasteiger partial charge in [-0.15, -0.1) is 0 Å². The standard InChI is InChI=1S/C28H41O3P.C12H18O/c1-25(2,3)17-13-19-20-14-18(26(4,5)6)16-22(28(10,11)12)24(20)31-32(29)30-23(19)21(15-17)27(7,8)9;1-8-6-9(2)11(13)10(7-8)12(3,4)5/h13-16,29H,1-12H3;6-7,13H,1-5H3. The molecule has 0 saturated heterocycles. The zero-order valence-corrected chi connectivity index (χ0v) is 32.0. The Balaban J connectivity index is 0.000000355. The van der Waals surface area contributed by atoms with Gasteiger partial charge in [0.15, 0.2) is 0 Å². The molecule has 0 amide bonds. The lowest BCUT2D eigenvalue weighted by atomic mass is 9.77. The zero-order chi connectivity index (χ0) is 34.7. The van der Waals surface area contributed by atoms with Crippen molar-refractivity contribution in [2.24, 2.45) is 0 Å². The first-order valence-corrected chi connectivity index (χ1v) is 17.3. The summed E-state index contributed by atoms with van der Waals surface area (Å²) in [6, 6.07) is 13.0. The molecule has 0 fully saturated rings. The monoisotopic (exact) mass is 634 g/mol. The molecule has 4 rings (SSSR count). The Morgan fingerprint density at radius 3 is 1.16 bits per heavy atom. The van der Waals surface area contributed by atoms with Crippen molar-refractivity contribution in [3.8, 4) is 5.75 Å². The zero-order valence-electron chi connectivity index (χ0n) is 31.1. The van der Waals surface area contributed by atoms with Gasteiger partial charge in [0.25, 0.3) is 0 Å². The maximum atomic E-state index is 10.8. The summed E-state index contributed by atoms with van der Waals surface area (Å²) < 4.78 is 12.3. The lowest BCUT2D eigenvalue weighted by Gasteiger charge is -2.27. The van der Waals surface area contributed by atoms with Gasteiger partial charge in [0.1, 0.15) is 16.9 Å². The van der Waals surface area contributed by atoms with Crippen LogP contribution >= 0.6 is 8.24 Å². The Morgan fingerprint density at radius 2 is 0.844 bits per heavy atom. The Kier molecular flexibility index (Phi) is 9.94. The van der Waals surface area contributed by atoms with Crippen LogP contribution in [0.4, 0.5) is 0 Å². The van der Waals surface area contributed by atoms with Crippen LogP contribution < -0.4 is 0 Å². The van der Waals surface area contributed by atoms with Crippen molar-refractivity contribution in [3.05, 3.63) is 75.3 Å². The lowest BCUT2D eigenvalue weighted by molar-refractivity contribution is 0.442. The Morgan fingerprint density at radius 1 is 0.489 bits per heavy atom. The van der Waals surface area contributed by atoms with Crippen LogP contribution in [0.15, 0.2) is 44.8 Å². The molecule has 0 unspecified atom stereocenters. The molecule has 0 spiro atoms. The van der Waals surface area contributed by atoms with E-state index in [1.54, 1.807) is 0 Å². The Hall–Kier alpha value is -2.68. The SMILES string of the molecule is CC(C)(C)c1cc(C(C)(C)C)c2op(O)oc3c(C(C)(C)C)cc(C(C)(C)C)cc3c2c1.Cc1cc(C)c(O)c(C(C)(C)C)c1. The average molecular weight is 635 g/mol. The average Bonchev–Trinajstić information content (AvgIpc) is 2.97. The quantitative estimate of drug-likeness (QED) is 0.202. The number of phenols is 1. The third kappa shape index (κ3) is 8.38.